The maximum atomic E-state index is 14.8. The van der Waals surface area contributed by atoms with Crippen LogP contribution in [-0.2, 0) is 22.6 Å². The molecule has 2 fully saturated rings. The number of carbonyl (C=O) groups is 3. The predicted octanol–water partition coefficient (Wildman–Crippen LogP) is 3.20. The minimum absolute atomic E-state index is 0.0160. The van der Waals surface area contributed by atoms with E-state index in [0.29, 0.717) is 49.1 Å². The third-order valence-electron chi connectivity index (χ3n) is 8.91. The van der Waals surface area contributed by atoms with Gasteiger partial charge in [0.2, 0.25) is 5.91 Å². The average Bonchev–Trinajstić information content (AvgIpc) is 3.01. The van der Waals surface area contributed by atoms with Crippen molar-refractivity contribution in [1.82, 2.24) is 14.8 Å². The van der Waals surface area contributed by atoms with Crippen LogP contribution in [0.4, 0.5) is 10.5 Å². The van der Waals surface area contributed by atoms with E-state index < -0.39 is 23.3 Å². The van der Waals surface area contributed by atoms with E-state index in [0.717, 1.165) is 17.0 Å². The van der Waals surface area contributed by atoms with Gasteiger partial charge in [0.05, 0.1) is 26.5 Å². The van der Waals surface area contributed by atoms with Crippen molar-refractivity contribution in [2.45, 2.75) is 32.2 Å². The van der Waals surface area contributed by atoms with E-state index in [1.807, 2.05) is 17.6 Å². The molecule has 6 rings (SSSR count). The zero-order chi connectivity index (χ0) is 31.0. The van der Waals surface area contributed by atoms with Gasteiger partial charge in [0.25, 0.3) is 11.5 Å². The topological polar surface area (TPSA) is 119 Å². The number of nitrogens with one attached hydrogen (secondary N) is 1. The van der Waals surface area contributed by atoms with Crippen molar-refractivity contribution >= 4 is 23.5 Å². The number of hydrogen-bond donors (Lipinski definition) is 1. The van der Waals surface area contributed by atoms with Gasteiger partial charge < -0.3 is 23.7 Å². The highest BCUT2D eigenvalue weighted by atomic mass is 16.5. The second-order valence-electron chi connectivity index (χ2n) is 11.6. The lowest BCUT2D eigenvalue weighted by Crippen LogP contribution is -2.68. The summed E-state index contributed by atoms with van der Waals surface area (Å²) in [5.41, 5.74) is 0.151. The van der Waals surface area contributed by atoms with E-state index in [-0.39, 0.29) is 36.0 Å². The number of ether oxygens (including phenoxy) is 3. The van der Waals surface area contributed by atoms with Gasteiger partial charge in [0, 0.05) is 56.3 Å². The number of methoxy groups -OCH3 is 2. The minimum atomic E-state index is -1.68. The van der Waals surface area contributed by atoms with Crippen molar-refractivity contribution in [3.63, 3.8) is 0 Å². The minimum Gasteiger partial charge on any atom is -0.497 e. The standard InChI is InChI=1S/C33H36N4O7/c1-4-44-27-10-6-5-8-26(27)37-31(40)33(30(39)34-32(37)41,16-22-12-13-24(42-2)15-28(22)43-3)20-35-17-21-14-23(19-35)25-9-7-11-29(38)36(25)18-21/h5-13,15,21,23H,4,14,16-20H2,1-3H3,(H,34,39,41). The molecule has 4 amide bonds. The normalized spacial score (nSPS) is 23.2. The molecule has 0 aliphatic carbocycles. The molecule has 3 atom stereocenters. The molecular formula is C33H36N4O7. The molecule has 4 heterocycles. The number of hydrogen-bond acceptors (Lipinski definition) is 8. The number of urea groups is 1. The maximum absolute atomic E-state index is 14.8. The Kier molecular flexibility index (Phi) is 7.89. The highest BCUT2D eigenvalue weighted by Gasteiger charge is 2.56. The van der Waals surface area contributed by atoms with Crippen LogP contribution in [0.15, 0.2) is 65.5 Å². The number of fused-ring (bicyclic) bond motifs is 4. The summed E-state index contributed by atoms with van der Waals surface area (Å²) < 4.78 is 18.6. The lowest BCUT2D eigenvalue weighted by Gasteiger charge is -2.47. The molecule has 0 radical (unpaired) electrons. The Hall–Kier alpha value is -4.64. The van der Waals surface area contributed by atoms with Gasteiger partial charge in [-0.25, -0.2) is 9.69 Å². The summed E-state index contributed by atoms with van der Waals surface area (Å²) in [4.78, 5) is 58.0. The number of nitrogens with zero attached hydrogens (tertiary/aromatic N) is 3. The number of amides is 4. The van der Waals surface area contributed by atoms with Gasteiger partial charge in [-0.2, -0.15) is 0 Å². The molecule has 11 heteroatoms. The van der Waals surface area contributed by atoms with Crippen LogP contribution in [0.2, 0.25) is 0 Å². The molecule has 2 bridgehead atoms. The summed E-state index contributed by atoms with van der Waals surface area (Å²) >= 11 is 0. The molecule has 2 saturated heterocycles. The quantitative estimate of drug-likeness (QED) is 0.372. The van der Waals surface area contributed by atoms with Crippen LogP contribution in [0.3, 0.4) is 0 Å². The summed E-state index contributed by atoms with van der Waals surface area (Å²) in [6, 6.07) is 16.6. The number of barbiturate groups is 1. The molecular weight excluding hydrogens is 564 g/mol. The number of anilines is 1. The number of carbonyl (C=O) groups excluding carboxylic acids is 3. The molecule has 3 aromatic rings. The number of benzene rings is 2. The van der Waals surface area contributed by atoms with Crippen molar-refractivity contribution < 1.29 is 28.6 Å². The van der Waals surface area contributed by atoms with Crippen molar-refractivity contribution in [3.8, 4) is 17.2 Å². The van der Waals surface area contributed by atoms with E-state index >= 15 is 0 Å². The molecule has 0 saturated carbocycles. The van der Waals surface area contributed by atoms with Gasteiger partial charge in [-0.1, -0.05) is 24.3 Å². The fraction of sp³-hybridized carbons (Fsp3) is 0.394. The monoisotopic (exact) mass is 600 g/mol. The summed E-state index contributed by atoms with van der Waals surface area (Å²) in [6.07, 6.45) is 0.902. The van der Waals surface area contributed by atoms with Gasteiger partial charge in [0.15, 0.2) is 0 Å². The Morgan fingerprint density at radius 1 is 0.909 bits per heavy atom. The van der Waals surface area contributed by atoms with Crippen LogP contribution in [0, 0.1) is 11.3 Å². The zero-order valence-electron chi connectivity index (χ0n) is 25.1. The van der Waals surface area contributed by atoms with Crippen molar-refractivity contribution in [2.75, 3.05) is 45.4 Å². The average molecular weight is 601 g/mol. The first-order valence-corrected chi connectivity index (χ1v) is 14.8. The fourth-order valence-corrected chi connectivity index (χ4v) is 6.99. The first kappa shape index (κ1) is 29.4. The number of pyridine rings is 1. The van der Waals surface area contributed by atoms with E-state index in [1.165, 1.54) is 7.11 Å². The Labute approximate surface area is 255 Å². The van der Waals surface area contributed by atoms with E-state index in [2.05, 4.69) is 10.2 Å². The Balaban J connectivity index is 1.42. The third-order valence-corrected chi connectivity index (χ3v) is 8.91. The van der Waals surface area contributed by atoms with Gasteiger partial charge in [-0.05, 0) is 49.1 Å². The van der Waals surface area contributed by atoms with E-state index in [9.17, 15) is 19.2 Å². The molecule has 1 N–H and O–H groups in total. The first-order valence-electron chi connectivity index (χ1n) is 14.8. The van der Waals surface area contributed by atoms with Gasteiger partial charge in [-0.3, -0.25) is 19.7 Å². The second-order valence-corrected chi connectivity index (χ2v) is 11.6. The van der Waals surface area contributed by atoms with Crippen molar-refractivity contribution in [3.05, 3.63) is 82.3 Å². The fourth-order valence-electron chi connectivity index (χ4n) is 6.99. The summed E-state index contributed by atoms with van der Waals surface area (Å²) in [5.74, 6) is 0.338. The molecule has 3 aliphatic rings. The van der Waals surface area contributed by atoms with Crippen molar-refractivity contribution in [1.29, 1.82) is 0 Å². The smallest absolute Gasteiger partial charge is 0.335 e. The number of para-hydroxylation sites is 2. The number of rotatable bonds is 9. The van der Waals surface area contributed by atoms with Gasteiger partial charge >= 0.3 is 6.03 Å². The molecule has 3 aliphatic heterocycles. The van der Waals surface area contributed by atoms with Crippen LogP contribution < -0.4 is 30.0 Å². The molecule has 230 valence electrons. The molecule has 2 aromatic carbocycles. The third kappa shape index (κ3) is 5.11. The molecule has 11 nitrogen and oxygen atoms in total. The summed E-state index contributed by atoms with van der Waals surface area (Å²) in [5, 5.41) is 2.50. The first-order chi connectivity index (χ1) is 21.3. The van der Waals surface area contributed by atoms with Crippen molar-refractivity contribution in [2.24, 2.45) is 11.3 Å². The Bertz CT molecular complexity index is 1670. The largest absolute Gasteiger partial charge is 0.497 e. The molecule has 1 aromatic heterocycles. The van der Waals surface area contributed by atoms with Gasteiger partial charge in [0.1, 0.15) is 22.7 Å². The maximum Gasteiger partial charge on any atom is 0.335 e. The molecule has 44 heavy (non-hydrogen) atoms. The van der Waals surface area contributed by atoms with Crippen LogP contribution >= 0.6 is 0 Å². The summed E-state index contributed by atoms with van der Waals surface area (Å²) in [6.45, 7) is 3.95. The van der Waals surface area contributed by atoms with Crippen LogP contribution in [-0.4, -0.2) is 67.8 Å². The Morgan fingerprint density at radius 2 is 1.73 bits per heavy atom. The van der Waals surface area contributed by atoms with E-state index in [4.69, 9.17) is 14.2 Å². The van der Waals surface area contributed by atoms with Crippen LogP contribution in [0.25, 0.3) is 0 Å². The number of piperidine rings is 1. The Morgan fingerprint density at radius 3 is 2.50 bits per heavy atom. The number of likely N-dealkylation sites (tertiary alicyclic amines) is 1. The molecule has 0 spiro atoms. The SMILES string of the molecule is CCOc1ccccc1N1C(=O)NC(=O)C(Cc2ccc(OC)cc2OC)(CN2CC3CC(C2)c2cccc(=O)n2C3)C1=O. The highest BCUT2D eigenvalue weighted by Crippen LogP contribution is 2.42. The second kappa shape index (κ2) is 11.8. The predicted molar refractivity (Wildman–Crippen MR) is 162 cm³/mol. The van der Waals surface area contributed by atoms with Crippen LogP contribution in [0.1, 0.15) is 30.5 Å². The number of aromatic nitrogens is 1. The number of imide groups is 2. The highest BCUT2D eigenvalue weighted by molar-refractivity contribution is 6.30. The van der Waals surface area contributed by atoms with Crippen LogP contribution in [0.5, 0.6) is 17.2 Å². The summed E-state index contributed by atoms with van der Waals surface area (Å²) in [7, 11) is 3.07. The molecule has 3 unspecified atom stereocenters. The zero-order valence-corrected chi connectivity index (χ0v) is 25.1. The lowest BCUT2D eigenvalue weighted by molar-refractivity contribution is -0.144. The van der Waals surface area contributed by atoms with E-state index in [1.54, 1.807) is 61.7 Å². The lowest BCUT2D eigenvalue weighted by atomic mass is 9.75. The van der Waals surface area contributed by atoms with Gasteiger partial charge in [-0.15, -0.1) is 0 Å².